The van der Waals surface area contributed by atoms with Crippen molar-refractivity contribution in [3.8, 4) is 0 Å². The Balaban J connectivity index is 2.41. The molecule has 0 aromatic heterocycles. The van der Waals surface area contributed by atoms with Crippen molar-refractivity contribution in [1.82, 2.24) is 5.32 Å². The second-order valence-corrected chi connectivity index (χ2v) is 4.39. The van der Waals surface area contributed by atoms with Gasteiger partial charge in [0.15, 0.2) is 0 Å². The number of halogens is 1. The van der Waals surface area contributed by atoms with E-state index in [9.17, 15) is 14.0 Å². The van der Waals surface area contributed by atoms with Crippen LogP contribution in [-0.4, -0.2) is 23.7 Å². The lowest BCUT2D eigenvalue weighted by Gasteiger charge is -2.10. The predicted molar refractivity (Wildman–Crippen MR) is 69.6 cm³/mol. The number of amides is 2. The van der Waals surface area contributed by atoms with Crippen molar-refractivity contribution in [1.29, 1.82) is 0 Å². The quantitative estimate of drug-likeness (QED) is 0.767. The van der Waals surface area contributed by atoms with Crippen molar-refractivity contribution in [3.05, 3.63) is 29.6 Å². The van der Waals surface area contributed by atoms with E-state index < -0.39 is 23.7 Å². The minimum Gasteiger partial charge on any atom is -0.481 e. The van der Waals surface area contributed by atoms with Gasteiger partial charge in [0.25, 0.3) is 0 Å². The minimum absolute atomic E-state index is 0.0920. The zero-order chi connectivity index (χ0) is 14.4. The molecule has 104 valence electrons. The topological polar surface area (TPSA) is 78.4 Å². The third-order valence-electron chi connectivity index (χ3n) is 2.66. The second-order valence-electron chi connectivity index (χ2n) is 4.39. The van der Waals surface area contributed by atoms with Gasteiger partial charge in [-0.25, -0.2) is 9.18 Å². The number of carboxylic acids is 1. The van der Waals surface area contributed by atoms with Crippen LogP contribution in [0.15, 0.2) is 18.2 Å². The molecule has 0 radical (unpaired) electrons. The summed E-state index contributed by atoms with van der Waals surface area (Å²) in [4.78, 5) is 22.0. The fraction of sp³-hybridized carbons (Fsp3) is 0.385. The molecule has 1 aromatic carbocycles. The van der Waals surface area contributed by atoms with Crippen LogP contribution in [0.4, 0.5) is 14.9 Å². The Hall–Kier alpha value is -2.11. The first kappa shape index (κ1) is 14.9. The summed E-state index contributed by atoms with van der Waals surface area (Å²) >= 11 is 0. The van der Waals surface area contributed by atoms with Gasteiger partial charge in [0.05, 0.1) is 11.6 Å². The number of nitrogens with one attached hydrogen (secondary N) is 2. The molecule has 1 rings (SSSR count). The van der Waals surface area contributed by atoms with Crippen molar-refractivity contribution >= 4 is 17.7 Å². The molecule has 0 aliphatic carbocycles. The SMILES string of the molecule is Cc1ccc(NC(=O)NCCC(C)C(=O)O)c(F)c1. The lowest BCUT2D eigenvalue weighted by molar-refractivity contribution is -0.141. The molecule has 2 amide bonds. The molecule has 1 atom stereocenters. The summed E-state index contributed by atoms with van der Waals surface area (Å²) in [6.07, 6.45) is 0.319. The van der Waals surface area contributed by atoms with Crippen LogP contribution in [-0.2, 0) is 4.79 Å². The van der Waals surface area contributed by atoms with Crippen LogP contribution in [0.1, 0.15) is 18.9 Å². The van der Waals surface area contributed by atoms with Gasteiger partial charge in [-0.1, -0.05) is 13.0 Å². The lowest BCUT2D eigenvalue weighted by Crippen LogP contribution is -2.31. The van der Waals surface area contributed by atoms with Gasteiger partial charge < -0.3 is 15.7 Å². The van der Waals surface area contributed by atoms with Gasteiger partial charge >= 0.3 is 12.0 Å². The highest BCUT2D eigenvalue weighted by Gasteiger charge is 2.11. The molecule has 3 N–H and O–H groups in total. The van der Waals surface area contributed by atoms with Crippen molar-refractivity contribution in [2.45, 2.75) is 20.3 Å². The first-order chi connectivity index (χ1) is 8.90. The summed E-state index contributed by atoms with van der Waals surface area (Å²) in [6.45, 7) is 3.52. The molecule has 19 heavy (non-hydrogen) atoms. The number of hydrogen-bond acceptors (Lipinski definition) is 2. The number of carboxylic acid groups (broad SMARTS) is 1. The first-order valence-corrected chi connectivity index (χ1v) is 5.94. The summed E-state index contributed by atoms with van der Waals surface area (Å²) < 4.78 is 13.4. The fourth-order valence-corrected chi connectivity index (χ4v) is 1.41. The third kappa shape index (κ3) is 4.95. The van der Waals surface area contributed by atoms with Gasteiger partial charge in [-0.2, -0.15) is 0 Å². The van der Waals surface area contributed by atoms with Gasteiger partial charge in [-0.15, -0.1) is 0 Å². The van der Waals surface area contributed by atoms with Gasteiger partial charge in [-0.05, 0) is 31.0 Å². The van der Waals surface area contributed by atoms with Crippen molar-refractivity contribution in [2.24, 2.45) is 5.92 Å². The van der Waals surface area contributed by atoms with E-state index in [0.717, 1.165) is 5.56 Å². The molecule has 0 bridgehead atoms. The van der Waals surface area contributed by atoms with E-state index in [1.54, 1.807) is 19.9 Å². The highest BCUT2D eigenvalue weighted by atomic mass is 19.1. The minimum atomic E-state index is -0.910. The van der Waals surface area contributed by atoms with Crippen LogP contribution in [0.5, 0.6) is 0 Å². The average Bonchev–Trinajstić information content (AvgIpc) is 2.32. The lowest BCUT2D eigenvalue weighted by atomic mass is 10.1. The maximum absolute atomic E-state index is 13.4. The highest BCUT2D eigenvalue weighted by molar-refractivity contribution is 5.89. The molecule has 6 heteroatoms. The summed E-state index contributed by atoms with van der Waals surface area (Å²) in [5.74, 6) is -1.95. The average molecular weight is 268 g/mol. The Bertz CT molecular complexity index is 477. The number of hydrogen-bond donors (Lipinski definition) is 3. The number of benzene rings is 1. The van der Waals surface area contributed by atoms with Crippen LogP contribution >= 0.6 is 0 Å². The van der Waals surface area contributed by atoms with E-state index >= 15 is 0 Å². The molecule has 0 saturated heterocycles. The van der Waals surface area contributed by atoms with Gasteiger partial charge in [0.2, 0.25) is 0 Å². The van der Waals surface area contributed by atoms with Crippen LogP contribution < -0.4 is 10.6 Å². The van der Waals surface area contributed by atoms with E-state index in [0.29, 0.717) is 6.42 Å². The summed E-state index contributed by atoms with van der Waals surface area (Å²) in [7, 11) is 0. The maximum atomic E-state index is 13.4. The molecular weight excluding hydrogens is 251 g/mol. The summed E-state index contributed by atoms with van der Waals surface area (Å²) in [5, 5.41) is 13.5. The summed E-state index contributed by atoms with van der Waals surface area (Å²) in [6, 6.07) is 3.93. The van der Waals surface area contributed by atoms with Gasteiger partial charge in [0, 0.05) is 6.54 Å². The first-order valence-electron chi connectivity index (χ1n) is 5.94. The van der Waals surface area contributed by atoms with E-state index in [1.807, 2.05) is 0 Å². The van der Waals surface area contributed by atoms with E-state index in [1.165, 1.54) is 12.1 Å². The van der Waals surface area contributed by atoms with E-state index in [4.69, 9.17) is 5.11 Å². The number of aliphatic carboxylic acids is 1. The molecule has 0 aliphatic heterocycles. The maximum Gasteiger partial charge on any atom is 0.319 e. The second kappa shape index (κ2) is 6.72. The molecule has 0 aliphatic rings. The molecular formula is C13H17FN2O3. The molecule has 1 aromatic rings. The monoisotopic (exact) mass is 268 g/mol. The number of rotatable bonds is 5. The Morgan fingerprint density at radius 1 is 1.42 bits per heavy atom. The zero-order valence-electron chi connectivity index (χ0n) is 10.9. The number of anilines is 1. The molecule has 5 nitrogen and oxygen atoms in total. The smallest absolute Gasteiger partial charge is 0.319 e. The third-order valence-corrected chi connectivity index (χ3v) is 2.66. The van der Waals surface area contributed by atoms with Gasteiger partial charge in [0.1, 0.15) is 5.82 Å². The van der Waals surface area contributed by atoms with Crippen molar-refractivity contribution in [2.75, 3.05) is 11.9 Å². The molecule has 1 unspecified atom stereocenters. The molecule has 0 heterocycles. The normalized spacial score (nSPS) is 11.7. The molecule has 0 fully saturated rings. The van der Waals surface area contributed by atoms with Crippen LogP contribution in [0, 0.1) is 18.7 Å². The summed E-state index contributed by atoms with van der Waals surface area (Å²) in [5.41, 5.74) is 0.855. The largest absolute Gasteiger partial charge is 0.481 e. The Kier molecular flexibility index (Phi) is 5.29. The highest BCUT2D eigenvalue weighted by Crippen LogP contribution is 2.14. The number of urea groups is 1. The number of aryl methyl sites for hydroxylation is 1. The Morgan fingerprint density at radius 3 is 2.68 bits per heavy atom. The van der Waals surface area contributed by atoms with Crippen molar-refractivity contribution in [3.63, 3.8) is 0 Å². The van der Waals surface area contributed by atoms with E-state index in [-0.39, 0.29) is 12.2 Å². The van der Waals surface area contributed by atoms with Crippen LogP contribution in [0.2, 0.25) is 0 Å². The number of carbonyl (C=O) groups is 2. The van der Waals surface area contributed by atoms with Crippen molar-refractivity contribution < 1.29 is 19.1 Å². The van der Waals surface area contributed by atoms with Crippen LogP contribution in [0.3, 0.4) is 0 Å². The zero-order valence-corrected chi connectivity index (χ0v) is 10.9. The number of carbonyl (C=O) groups excluding carboxylic acids is 1. The predicted octanol–water partition coefficient (Wildman–Crippen LogP) is 2.37. The fourth-order valence-electron chi connectivity index (χ4n) is 1.41. The Morgan fingerprint density at radius 2 is 2.11 bits per heavy atom. The molecule has 0 spiro atoms. The molecule has 0 saturated carbocycles. The van der Waals surface area contributed by atoms with Gasteiger partial charge in [-0.3, -0.25) is 4.79 Å². The van der Waals surface area contributed by atoms with E-state index in [2.05, 4.69) is 10.6 Å². The standard InChI is InChI=1S/C13H17FN2O3/c1-8-3-4-11(10(14)7-8)16-13(19)15-6-5-9(2)12(17)18/h3-4,7,9H,5-6H2,1-2H3,(H,17,18)(H2,15,16,19). The van der Waals surface area contributed by atoms with Crippen LogP contribution in [0.25, 0.3) is 0 Å². The Labute approximate surface area is 110 Å².